The first-order valence-electron chi connectivity index (χ1n) is 4.02. The van der Waals surface area contributed by atoms with Crippen LogP contribution >= 0.6 is 0 Å². The van der Waals surface area contributed by atoms with Gasteiger partial charge in [-0.1, -0.05) is 0 Å². The van der Waals surface area contributed by atoms with Crippen LogP contribution in [-0.4, -0.2) is 15.0 Å². The van der Waals surface area contributed by atoms with Gasteiger partial charge in [0.05, 0.1) is 11.2 Å². The number of hydrogen-bond acceptors (Lipinski definition) is 4. The molecule has 0 bridgehead atoms. The summed E-state index contributed by atoms with van der Waals surface area (Å²) in [6.45, 7) is 0. The van der Waals surface area contributed by atoms with E-state index in [4.69, 9.17) is 10.2 Å². The van der Waals surface area contributed by atoms with Gasteiger partial charge in [0, 0.05) is 6.07 Å². The SMILES string of the molecule is Nc1nc2cc([S+]([O-])C(F)(F)F)ccc2o1. The second-order valence-electron chi connectivity index (χ2n) is 2.90. The van der Waals surface area contributed by atoms with Crippen molar-refractivity contribution < 1.29 is 22.1 Å². The van der Waals surface area contributed by atoms with E-state index in [1.807, 2.05) is 0 Å². The highest BCUT2D eigenvalue weighted by Crippen LogP contribution is 2.31. The monoisotopic (exact) mass is 250 g/mol. The third-order valence-electron chi connectivity index (χ3n) is 1.80. The Bertz CT molecular complexity index is 525. The summed E-state index contributed by atoms with van der Waals surface area (Å²) in [5.74, 6) is 0. The molecule has 0 spiro atoms. The van der Waals surface area contributed by atoms with E-state index in [2.05, 4.69) is 4.98 Å². The van der Waals surface area contributed by atoms with E-state index in [1.165, 1.54) is 6.07 Å². The minimum Gasteiger partial charge on any atom is -0.604 e. The van der Waals surface area contributed by atoms with Crippen LogP contribution in [0.4, 0.5) is 19.2 Å². The summed E-state index contributed by atoms with van der Waals surface area (Å²) in [6, 6.07) is 3.21. The number of rotatable bonds is 1. The molecule has 2 aromatic rings. The van der Waals surface area contributed by atoms with Crippen molar-refractivity contribution in [1.82, 2.24) is 4.98 Å². The molecule has 0 fully saturated rings. The van der Waals surface area contributed by atoms with Crippen LogP contribution in [0.15, 0.2) is 27.5 Å². The number of halogens is 3. The molecule has 0 aliphatic carbocycles. The molecular weight excluding hydrogens is 245 g/mol. The topological polar surface area (TPSA) is 75.1 Å². The Morgan fingerprint density at radius 3 is 2.69 bits per heavy atom. The Morgan fingerprint density at radius 1 is 1.38 bits per heavy atom. The number of oxazole rings is 1. The summed E-state index contributed by atoms with van der Waals surface area (Å²) in [5.41, 5.74) is 0.834. The van der Waals surface area contributed by atoms with Crippen molar-refractivity contribution in [3.63, 3.8) is 0 Å². The number of anilines is 1. The average molecular weight is 250 g/mol. The molecule has 2 rings (SSSR count). The zero-order chi connectivity index (χ0) is 11.9. The lowest BCUT2D eigenvalue weighted by Gasteiger charge is -2.11. The fourth-order valence-corrected chi connectivity index (χ4v) is 1.85. The predicted molar refractivity (Wildman–Crippen MR) is 50.9 cm³/mol. The Morgan fingerprint density at radius 2 is 2.06 bits per heavy atom. The standard InChI is InChI=1S/C8H5F3N2O2S/c9-8(10,11)16(14)4-1-2-6-5(3-4)13-7(12)15-6/h1-3H,(H2,12,13). The number of aromatic nitrogens is 1. The summed E-state index contributed by atoms with van der Waals surface area (Å²) in [7, 11) is 0. The number of nitrogen functional groups attached to an aromatic ring is 1. The second-order valence-corrected chi connectivity index (χ2v) is 4.37. The van der Waals surface area contributed by atoms with Crippen molar-refractivity contribution in [2.75, 3.05) is 5.73 Å². The lowest BCUT2D eigenvalue weighted by atomic mass is 10.3. The third kappa shape index (κ3) is 1.93. The van der Waals surface area contributed by atoms with Gasteiger partial charge in [-0.25, -0.2) is 0 Å². The second kappa shape index (κ2) is 3.56. The molecule has 1 heterocycles. The molecule has 4 nitrogen and oxygen atoms in total. The van der Waals surface area contributed by atoms with Gasteiger partial charge >= 0.3 is 5.51 Å². The van der Waals surface area contributed by atoms with Crippen LogP contribution in [-0.2, 0) is 11.2 Å². The Labute approximate surface area is 90.4 Å². The number of benzene rings is 1. The number of nitrogens with two attached hydrogens (primary N) is 1. The molecule has 0 saturated carbocycles. The number of fused-ring (bicyclic) bond motifs is 1. The summed E-state index contributed by atoms with van der Waals surface area (Å²) < 4.78 is 52.4. The maximum atomic E-state index is 12.2. The van der Waals surface area contributed by atoms with Crippen LogP contribution in [0.3, 0.4) is 0 Å². The van der Waals surface area contributed by atoms with Crippen LogP contribution in [0.2, 0.25) is 0 Å². The zero-order valence-corrected chi connectivity index (χ0v) is 8.43. The molecule has 8 heteroatoms. The van der Waals surface area contributed by atoms with Crippen LogP contribution in [0, 0.1) is 0 Å². The summed E-state index contributed by atoms with van der Waals surface area (Å²) >= 11 is -3.07. The molecule has 1 aromatic heterocycles. The maximum Gasteiger partial charge on any atom is 0.578 e. The molecule has 86 valence electrons. The molecule has 0 amide bonds. The van der Waals surface area contributed by atoms with E-state index < -0.39 is 16.7 Å². The molecule has 1 atom stereocenters. The Kier molecular flexibility index (Phi) is 2.47. The zero-order valence-electron chi connectivity index (χ0n) is 7.62. The van der Waals surface area contributed by atoms with Crippen LogP contribution < -0.4 is 5.73 Å². The smallest absolute Gasteiger partial charge is 0.578 e. The molecule has 1 unspecified atom stereocenters. The first-order valence-corrected chi connectivity index (χ1v) is 5.17. The van der Waals surface area contributed by atoms with E-state index in [0.717, 1.165) is 12.1 Å². The van der Waals surface area contributed by atoms with Gasteiger partial charge in [-0.2, -0.15) is 4.98 Å². The fraction of sp³-hybridized carbons (Fsp3) is 0.125. The minimum atomic E-state index is -4.79. The number of hydrogen-bond donors (Lipinski definition) is 1. The molecule has 0 radical (unpaired) electrons. The summed E-state index contributed by atoms with van der Waals surface area (Å²) in [4.78, 5) is 3.27. The molecule has 2 N–H and O–H groups in total. The number of alkyl halides is 3. The minimum absolute atomic E-state index is 0.146. The lowest BCUT2D eigenvalue weighted by Crippen LogP contribution is -2.23. The third-order valence-corrected chi connectivity index (χ3v) is 2.90. The van der Waals surface area contributed by atoms with Gasteiger partial charge in [0.2, 0.25) is 0 Å². The van der Waals surface area contributed by atoms with Crippen LogP contribution in [0.1, 0.15) is 0 Å². The molecule has 1 aromatic carbocycles. The highest BCUT2D eigenvalue weighted by Gasteiger charge is 2.46. The fourth-order valence-electron chi connectivity index (χ4n) is 1.17. The van der Waals surface area contributed by atoms with Crippen molar-refractivity contribution in [3.05, 3.63) is 18.2 Å². The van der Waals surface area contributed by atoms with Crippen LogP contribution in [0.25, 0.3) is 11.1 Å². The van der Waals surface area contributed by atoms with E-state index in [1.54, 1.807) is 0 Å². The van der Waals surface area contributed by atoms with Crippen molar-refractivity contribution in [1.29, 1.82) is 0 Å². The first kappa shape index (κ1) is 11.1. The average Bonchev–Trinajstić information content (AvgIpc) is 2.54. The van der Waals surface area contributed by atoms with Gasteiger partial charge in [0.15, 0.2) is 10.5 Å². The molecule has 0 aliphatic heterocycles. The van der Waals surface area contributed by atoms with Gasteiger partial charge < -0.3 is 14.7 Å². The van der Waals surface area contributed by atoms with Crippen molar-refractivity contribution in [2.24, 2.45) is 0 Å². The Balaban J connectivity index is 2.46. The van der Waals surface area contributed by atoms with Gasteiger partial charge in [0.25, 0.3) is 6.01 Å². The maximum absolute atomic E-state index is 12.2. The Hall–Kier alpha value is -1.41. The van der Waals surface area contributed by atoms with Gasteiger partial charge in [-0.3, -0.25) is 0 Å². The largest absolute Gasteiger partial charge is 0.604 e. The van der Waals surface area contributed by atoms with Crippen molar-refractivity contribution in [2.45, 2.75) is 10.4 Å². The van der Waals surface area contributed by atoms with Crippen LogP contribution in [0.5, 0.6) is 0 Å². The predicted octanol–water partition coefficient (Wildman–Crippen LogP) is 2.04. The van der Waals surface area contributed by atoms with Gasteiger partial charge in [0.1, 0.15) is 5.52 Å². The lowest BCUT2D eigenvalue weighted by molar-refractivity contribution is -0.0435. The molecule has 0 aliphatic rings. The highest BCUT2D eigenvalue weighted by molar-refractivity contribution is 7.92. The van der Waals surface area contributed by atoms with Crippen molar-refractivity contribution in [3.8, 4) is 0 Å². The van der Waals surface area contributed by atoms with E-state index >= 15 is 0 Å². The van der Waals surface area contributed by atoms with E-state index in [-0.39, 0.29) is 22.0 Å². The van der Waals surface area contributed by atoms with Crippen molar-refractivity contribution >= 4 is 28.3 Å². The summed E-state index contributed by atoms with van der Waals surface area (Å²) in [5, 5.41) is 0. The first-order chi connectivity index (χ1) is 7.38. The summed E-state index contributed by atoms with van der Waals surface area (Å²) in [6.07, 6.45) is 0. The van der Waals surface area contributed by atoms with E-state index in [0.29, 0.717) is 0 Å². The normalized spacial score (nSPS) is 14.2. The van der Waals surface area contributed by atoms with E-state index in [9.17, 15) is 17.7 Å². The highest BCUT2D eigenvalue weighted by atomic mass is 32.2. The molecular formula is C8H5F3N2O2S. The number of nitrogens with zero attached hydrogens (tertiary/aromatic N) is 1. The molecule has 16 heavy (non-hydrogen) atoms. The van der Waals surface area contributed by atoms with Gasteiger partial charge in [-0.15, -0.1) is 13.2 Å². The van der Waals surface area contributed by atoms with Gasteiger partial charge in [-0.05, 0) is 12.1 Å². The quantitative estimate of drug-likeness (QED) is 0.786. The molecule has 0 saturated heterocycles.